The molecule has 0 radical (unpaired) electrons. The number of rotatable bonds is 4. The molecule has 0 N–H and O–H groups in total. The maximum absolute atomic E-state index is 11.9. The maximum atomic E-state index is 11.9. The molecule has 0 bridgehead atoms. The van der Waals surface area contributed by atoms with Crippen molar-refractivity contribution in [3.63, 3.8) is 0 Å². The summed E-state index contributed by atoms with van der Waals surface area (Å²) < 4.78 is 1.67. The van der Waals surface area contributed by atoms with Crippen molar-refractivity contribution >= 4 is 0 Å². The molecule has 0 aliphatic heterocycles. The molecule has 0 atom stereocenters. The highest BCUT2D eigenvalue weighted by atomic mass is 16.1. The van der Waals surface area contributed by atoms with E-state index in [1.54, 1.807) is 4.57 Å². The van der Waals surface area contributed by atoms with Crippen LogP contribution < -0.4 is 5.56 Å². The molecule has 0 unspecified atom stereocenters. The molecular weight excluding hydrogens is 272 g/mol. The lowest BCUT2D eigenvalue weighted by atomic mass is 9.93. The number of hydrogen-bond donors (Lipinski definition) is 0. The molecular formula is C19H26N2O. The van der Waals surface area contributed by atoms with Crippen molar-refractivity contribution in [1.82, 2.24) is 9.47 Å². The molecule has 1 aromatic carbocycles. The Balaban J connectivity index is 2.58. The van der Waals surface area contributed by atoms with E-state index in [-0.39, 0.29) is 5.56 Å². The van der Waals surface area contributed by atoms with Crippen LogP contribution in [-0.4, -0.2) is 23.6 Å². The molecule has 0 saturated heterocycles. The Kier molecular flexibility index (Phi) is 4.87. The molecule has 0 aliphatic rings. The van der Waals surface area contributed by atoms with Gasteiger partial charge in [-0.3, -0.25) is 4.79 Å². The van der Waals surface area contributed by atoms with Gasteiger partial charge in [0.2, 0.25) is 0 Å². The number of aromatic nitrogens is 1. The van der Waals surface area contributed by atoms with E-state index in [1.165, 1.54) is 22.3 Å². The zero-order valence-corrected chi connectivity index (χ0v) is 14.5. The number of hydrogen-bond acceptors (Lipinski definition) is 2. The molecule has 22 heavy (non-hydrogen) atoms. The molecule has 0 aliphatic carbocycles. The summed E-state index contributed by atoms with van der Waals surface area (Å²) in [5.41, 5.74) is 7.26. The van der Waals surface area contributed by atoms with Crippen LogP contribution in [0.2, 0.25) is 0 Å². The lowest BCUT2D eigenvalue weighted by molar-refractivity contribution is 0.400. The molecule has 2 aromatic rings. The molecule has 1 aromatic heterocycles. The van der Waals surface area contributed by atoms with Crippen molar-refractivity contribution in [2.75, 3.05) is 14.1 Å². The molecule has 0 spiro atoms. The summed E-state index contributed by atoms with van der Waals surface area (Å²) in [6.45, 7) is 7.21. The molecule has 0 amide bonds. The van der Waals surface area contributed by atoms with Gasteiger partial charge in [-0.1, -0.05) is 19.1 Å². The third-order valence-corrected chi connectivity index (χ3v) is 4.12. The highest BCUT2D eigenvalue weighted by molar-refractivity contribution is 5.66. The second-order valence-corrected chi connectivity index (χ2v) is 6.35. The zero-order chi connectivity index (χ0) is 16.4. The average Bonchev–Trinajstić information content (AvgIpc) is 2.45. The summed E-state index contributed by atoms with van der Waals surface area (Å²) in [6.07, 6.45) is 2.94. The van der Waals surface area contributed by atoms with E-state index < -0.39 is 0 Å². The van der Waals surface area contributed by atoms with Gasteiger partial charge in [0.25, 0.3) is 5.56 Å². The third-order valence-electron chi connectivity index (χ3n) is 4.12. The molecule has 0 saturated carbocycles. The minimum absolute atomic E-state index is 0.0698. The number of nitrogens with zero attached hydrogens (tertiary/aromatic N) is 2. The average molecular weight is 298 g/mol. The summed E-state index contributed by atoms with van der Waals surface area (Å²) in [6, 6.07) is 6.49. The largest absolute Gasteiger partial charge is 0.318 e. The quantitative estimate of drug-likeness (QED) is 0.865. The van der Waals surface area contributed by atoms with E-state index in [4.69, 9.17) is 0 Å². The molecule has 1 heterocycles. The van der Waals surface area contributed by atoms with Crippen LogP contribution in [0, 0.1) is 13.8 Å². The highest BCUT2D eigenvalue weighted by Gasteiger charge is 2.10. The topological polar surface area (TPSA) is 25.2 Å². The Bertz CT molecular complexity index is 716. The minimum Gasteiger partial charge on any atom is -0.318 e. The Morgan fingerprint density at radius 1 is 1.05 bits per heavy atom. The van der Waals surface area contributed by atoms with Crippen molar-refractivity contribution < 1.29 is 0 Å². The maximum Gasteiger partial charge on any atom is 0.253 e. The minimum atomic E-state index is 0.0698. The number of benzene rings is 1. The summed E-state index contributed by atoms with van der Waals surface area (Å²) in [7, 11) is 6.01. The highest BCUT2D eigenvalue weighted by Crippen LogP contribution is 2.26. The number of aryl methyl sites for hydroxylation is 4. The summed E-state index contributed by atoms with van der Waals surface area (Å²) in [4.78, 5) is 14.1. The van der Waals surface area contributed by atoms with Crippen molar-refractivity contribution in [3.05, 3.63) is 57.0 Å². The second-order valence-electron chi connectivity index (χ2n) is 6.35. The zero-order valence-electron chi connectivity index (χ0n) is 14.5. The smallest absolute Gasteiger partial charge is 0.253 e. The summed E-state index contributed by atoms with van der Waals surface area (Å²) in [5, 5.41) is 0. The van der Waals surface area contributed by atoms with Gasteiger partial charge in [-0.05, 0) is 68.2 Å². The van der Waals surface area contributed by atoms with Gasteiger partial charge in [-0.2, -0.15) is 0 Å². The molecule has 3 heteroatoms. The predicted octanol–water partition coefficient (Wildman–Crippen LogP) is 3.29. The predicted molar refractivity (Wildman–Crippen MR) is 93.4 cm³/mol. The molecule has 2 rings (SSSR count). The van der Waals surface area contributed by atoms with Gasteiger partial charge >= 0.3 is 0 Å². The first-order valence-corrected chi connectivity index (χ1v) is 7.78. The van der Waals surface area contributed by atoms with Gasteiger partial charge in [-0.25, -0.2) is 0 Å². The van der Waals surface area contributed by atoms with Crippen LogP contribution >= 0.6 is 0 Å². The van der Waals surface area contributed by atoms with Crippen LogP contribution in [0.1, 0.15) is 29.2 Å². The van der Waals surface area contributed by atoms with Gasteiger partial charge < -0.3 is 9.47 Å². The first-order valence-electron chi connectivity index (χ1n) is 7.78. The SMILES string of the molecule is CCc1cc(-c2cc(C)c(=O)n(C)c2)cc(C)c1CN(C)C. The fourth-order valence-corrected chi connectivity index (χ4v) is 2.95. The van der Waals surface area contributed by atoms with E-state index >= 15 is 0 Å². The van der Waals surface area contributed by atoms with Gasteiger partial charge in [0, 0.05) is 25.4 Å². The fraction of sp³-hybridized carbons (Fsp3) is 0.421. The summed E-state index contributed by atoms with van der Waals surface area (Å²) >= 11 is 0. The van der Waals surface area contributed by atoms with Crippen LogP contribution in [0.25, 0.3) is 11.1 Å². The lowest BCUT2D eigenvalue weighted by Crippen LogP contribution is -2.18. The van der Waals surface area contributed by atoms with Gasteiger partial charge in [0.1, 0.15) is 0 Å². The molecule has 3 nitrogen and oxygen atoms in total. The lowest BCUT2D eigenvalue weighted by Gasteiger charge is -2.18. The fourth-order valence-electron chi connectivity index (χ4n) is 2.95. The van der Waals surface area contributed by atoms with Crippen LogP contribution in [0.4, 0.5) is 0 Å². The third kappa shape index (κ3) is 3.30. The van der Waals surface area contributed by atoms with E-state index in [0.717, 1.165) is 24.1 Å². The van der Waals surface area contributed by atoms with E-state index in [1.807, 2.05) is 26.2 Å². The van der Waals surface area contributed by atoms with E-state index in [2.05, 4.69) is 45.0 Å². The second kappa shape index (κ2) is 6.49. The van der Waals surface area contributed by atoms with Crippen LogP contribution in [-0.2, 0) is 20.0 Å². The van der Waals surface area contributed by atoms with Crippen molar-refractivity contribution in [2.24, 2.45) is 7.05 Å². The Morgan fingerprint density at radius 3 is 2.23 bits per heavy atom. The van der Waals surface area contributed by atoms with Crippen molar-refractivity contribution in [3.8, 4) is 11.1 Å². The van der Waals surface area contributed by atoms with Crippen LogP contribution in [0.5, 0.6) is 0 Å². The van der Waals surface area contributed by atoms with Gasteiger partial charge in [0.05, 0.1) is 0 Å². The monoisotopic (exact) mass is 298 g/mol. The standard InChI is InChI=1S/C19H26N2O/c1-7-15-10-16(8-13(2)18(15)12-20(4)5)17-9-14(3)19(22)21(6)11-17/h8-11H,7,12H2,1-6H3. The van der Waals surface area contributed by atoms with E-state index in [9.17, 15) is 4.79 Å². The Hall–Kier alpha value is -1.87. The Morgan fingerprint density at radius 2 is 1.68 bits per heavy atom. The van der Waals surface area contributed by atoms with Crippen molar-refractivity contribution in [2.45, 2.75) is 33.7 Å². The molecule has 118 valence electrons. The van der Waals surface area contributed by atoms with E-state index in [0.29, 0.717) is 0 Å². The van der Waals surface area contributed by atoms with Crippen LogP contribution in [0.3, 0.4) is 0 Å². The first-order chi connectivity index (χ1) is 10.3. The summed E-state index contributed by atoms with van der Waals surface area (Å²) in [5.74, 6) is 0. The van der Waals surface area contributed by atoms with Gasteiger partial charge in [-0.15, -0.1) is 0 Å². The normalized spacial score (nSPS) is 11.2. The van der Waals surface area contributed by atoms with Crippen molar-refractivity contribution in [1.29, 1.82) is 0 Å². The first kappa shape index (κ1) is 16.5. The van der Waals surface area contributed by atoms with Crippen LogP contribution in [0.15, 0.2) is 29.2 Å². The molecule has 0 fully saturated rings. The van der Waals surface area contributed by atoms with Gasteiger partial charge in [0.15, 0.2) is 0 Å². The Labute approximate surface area is 133 Å². The number of pyridine rings is 1.